The third kappa shape index (κ3) is 6.21. The summed E-state index contributed by atoms with van der Waals surface area (Å²) in [5, 5.41) is 17.2. The largest absolute Gasteiger partial charge is 0.481 e. The van der Waals surface area contributed by atoms with E-state index in [4.69, 9.17) is 5.11 Å². The number of nitrogens with zero attached hydrogens (tertiary/aromatic N) is 2. The highest BCUT2D eigenvalue weighted by atomic mass is 16.4. The molecule has 0 unspecified atom stereocenters. The van der Waals surface area contributed by atoms with Gasteiger partial charge in [-0.2, -0.15) is 0 Å². The van der Waals surface area contributed by atoms with Crippen LogP contribution in [0.5, 0.6) is 0 Å². The van der Waals surface area contributed by atoms with Crippen LogP contribution in [0.3, 0.4) is 0 Å². The predicted molar refractivity (Wildman–Crippen MR) is 122 cm³/mol. The average molecular weight is 471 g/mol. The molecule has 0 radical (unpaired) electrons. The van der Waals surface area contributed by atoms with Crippen molar-refractivity contribution in [1.82, 2.24) is 20.7 Å². The fourth-order valence-electron chi connectivity index (χ4n) is 4.28. The minimum Gasteiger partial charge on any atom is -0.481 e. The zero-order chi connectivity index (χ0) is 24.7. The minimum absolute atomic E-state index is 0.221. The first-order valence-electron chi connectivity index (χ1n) is 11.4. The number of nitrogens with one attached hydrogen (secondary N) is 2. The van der Waals surface area contributed by atoms with E-state index in [0.717, 1.165) is 5.56 Å². The van der Waals surface area contributed by atoms with Crippen LogP contribution in [0.4, 0.5) is 0 Å². The Kier molecular flexibility index (Phi) is 8.39. The molecule has 3 atom stereocenters. The van der Waals surface area contributed by atoms with Gasteiger partial charge in [-0.3, -0.25) is 24.2 Å². The lowest BCUT2D eigenvalue weighted by molar-refractivity contribution is -0.164. The Balaban J connectivity index is 1.71. The molecule has 1 aromatic carbocycles. The lowest BCUT2D eigenvalue weighted by atomic mass is 10.0. The summed E-state index contributed by atoms with van der Waals surface area (Å²) in [6.45, 7) is 4.54. The molecule has 10 nitrogen and oxygen atoms in total. The molecule has 0 saturated carbocycles. The highest BCUT2D eigenvalue weighted by Gasteiger charge is 2.43. The van der Waals surface area contributed by atoms with Gasteiger partial charge in [0.05, 0.1) is 12.5 Å². The van der Waals surface area contributed by atoms with Crippen molar-refractivity contribution in [3.8, 4) is 0 Å². The van der Waals surface area contributed by atoms with Gasteiger partial charge in [0.1, 0.15) is 18.4 Å². The molecule has 3 amide bonds. The van der Waals surface area contributed by atoms with E-state index in [1.165, 1.54) is 5.01 Å². The van der Waals surface area contributed by atoms with E-state index < -0.39 is 42.3 Å². The molecule has 0 aliphatic carbocycles. The number of amides is 3. The number of hydrazine groups is 1. The van der Waals surface area contributed by atoms with Gasteiger partial charge >= 0.3 is 5.97 Å². The van der Waals surface area contributed by atoms with E-state index in [2.05, 4.69) is 17.2 Å². The highest BCUT2D eigenvalue weighted by Crippen LogP contribution is 2.29. The van der Waals surface area contributed by atoms with Crippen molar-refractivity contribution in [3.63, 3.8) is 0 Å². The first-order chi connectivity index (χ1) is 16.3. The Hall–Kier alpha value is -3.69. The number of fused-ring (bicyclic) bond motifs is 1. The van der Waals surface area contributed by atoms with Crippen molar-refractivity contribution in [2.24, 2.45) is 0 Å². The molecule has 182 valence electrons. The number of aryl methyl sites for hydroxylation is 1. The quantitative estimate of drug-likeness (QED) is 0.454. The molecule has 34 heavy (non-hydrogen) atoms. The lowest BCUT2D eigenvalue weighted by Crippen LogP contribution is -2.63. The summed E-state index contributed by atoms with van der Waals surface area (Å²) in [5.74, 6) is -2.52. The van der Waals surface area contributed by atoms with E-state index >= 15 is 0 Å². The second-order valence-electron chi connectivity index (χ2n) is 8.52. The van der Waals surface area contributed by atoms with Crippen LogP contribution in [-0.2, 0) is 30.4 Å². The normalized spacial score (nSPS) is 21.2. The molecule has 2 heterocycles. The molecule has 2 saturated heterocycles. The molecule has 10 heteroatoms. The van der Waals surface area contributed by atoms with E-state index in [0.29, 0.717) is 50.6 Å². The molecule has 0 spiro atoms. The number of hydrogen-bond donors (Lipinski definition) is 3. The molecule has 0 bridgehead atoms. The zero-order valence-electron chi connectivity index (χ0n) is 18.9. The first-order valence-corrected chi connectivity index (χ1v) is 11.4. The van der Waals surface area contributed by atoms with E-state index in [1.807, 2.05) is 30.3 Å². The Bertz CT molecular complexity index is 950. The Labute approximate surface area is 197 Å². The summed E-state index contributed by atoms with van der Waals surface area (Å²) < 4.78 is 0. The van der Waals surface area contributed by atoms with Crippen molar-refractivity contribution in [2.75, 3.05) is 6.54 Å². The molecule has 0 aromatic heterocycles. The summed E-state index contributed by atoms with van der Waals surface area (Å²) >= 11 is 0. The van der Waals surface area contributed by atoms with Crippen LogP contribution < -0.4 is 10.6 Å². The van der Waals surface area contributed by atoms with Crippen molar-refractivity contribution in [1.29, 1.82) is 0 Å². The lowest BCUT2D eigenvalue weighted by Gasteiger charge is -2.45. The van der Waals surface area contributed by atoms with E-state index in [1.54, 1.807) is 5.01 Å². The fourth-order valence-corrected chi connectivity index (χ4v) is 4.28. The minimum atomic E-state index is -1.22. The average Bonchev–Trinajstić information content (AvgIpc) is 2.94. The van der Waals surface area contributed by atoms with Gasteiger partial charge in [-0.25, -0.2) is 5.01 Å². The van der Waals surface area contributed by atoms with Gasteiger partial charge in [-0.1, -0.05) is 36.9 Å². The Morgan fingerprint density at radius 3 is 2.62 bits per heavy atom. The molecule has 3 N–H and O–H groups in total. The maximum atomic E-state index is 13.5. The van der Waals surface area contributed by atoms with Crippen LogP contribution >= 0.6 is 0 Å². The van der Waals surface area contributed by atoms with Gasteiger partial charge in [0.15, 0.2) is 0 Å². The molecule has 2 fully saturated rings. The number of aldehydes is 1. The maximum absolute atomic E-state index is 13.5. The van der Waals surface area contributed by atoms with Gasteiger partial charge in [0.25, 0.3) is 5.91 Å². The van der Waals surface area contributed by atoms with Crippen LogP contribution in [0.25, 0.3) is 0 Å². The summed E-state index contributed by atoms with van der Waals surface area (Å²) in [6.07, 6.45) is 2.35. The monoisotopic (exact) mass is 470 g/mol. The fraction of sp³-hybridized carbons (Fsp3) is 0.458. The third-order valence-corrected chi connectivity index (χ3v) is 6.02. The van der Waals surface area contributed by atoms with Crippen LogP contribution in [0.15, 0.2) is 42.6 Å². The van der Waals surface area contributed by atoms with Gasteiger partial charge in [0.2, 0.25) is 11.8 Å². The van der Waals surface area contributed by atoms with Gasteiger partial charge in [0, 0.05) is 18.7 Å². The van der Waals surface area contributed by atoms with Crippen LogP contribution in [0.1, 0.15) is 44.1 Å². The van der Waals surface area contributed by atoms with Crippen molar-refractivity contribution in [2.45, 2.75) is 63.1 Å². The van der Waals surface area contributed by atoms with Crippen molar-refractivity contribution in [3.05, 3.63) is 48.2 Å². The Morgan fingerprint density at radius 1 is 1.21 bits per heavy atom. The van der Waals surface area contributed by atoms with E-state index in [-0.39, 0.29) is 12.3 Å². The predicted octanol–water partition coefficient (Wildman–Crippen LogP) is 0.778. The number of aliphatic carboxylic acids is 1. The summed E-state index contributed by atoms with van der Waals surface area (Å²) in [5.41, 5.74) is 1.67. The topological polar surface area (TPSA) is 136 Å². The first kappa shape index (κ1) is 24.9. The Morgan fingerprint density at radius 2 is 1.94 bits per heavy atom. The molecule has 2 aliphatic rings. The molecule has 1 aromatic rings. The number of carboxylic acid groups (broad SMARTS) is 1. The third-order valence-electron chi connectivity index (χ3n) is 6.02. The molecular formula is C24H30N4O6. The number of carbonyl (C=O) groups excluding carboxylic acids is 4. The van der Waals surface area contributed by atoms with Gasteiger partial charge in [-0.15, -0.1) is 0 Å². The highest BCUT2D eigenvalue weighted by molar-refractivity contribution is 5.93. The number of carbonyl (C=O) groups is 5. The second kappa shape index (κ2) is 11.4. The molecular weight excluding hydrogens is 440 g/mol. The number of carboxylic acids is 1. The SMILES string of the molecule is C=C1CC[C@H](NC(=O)CCc2ccccc2)C(=O)N2[C@H](C(=O)N[C@H](C=O)CC(=O)O)CCCN12. The summed E-state index contributed by atoms with van der Waals surface area (Å²) in [4.78, 5) is 61.2. The standard InChI is InChI=1S/C24H30N4O6/c1-16-9-11-19(26-21(30)12-10-17-6-3-2-4-7-17)24(34)28-20(8-5-13-27(16)28)23(33)25-18(15-29)14-22(31)32/h2-4,6-7,15,18-20H,1,5,8-14H2,(H,25,33)(H,26,30)(H,31,32)/t18-,19-,20-/m0/s1. The smallest absolute Gasteiger partial charge is 0.305 e. The molecule has 3 rings (SSSR count). The van der Waals surface area contributed by atoms with Crippen LogP contribution in [0, 0.1) is 0 Å². The number of benzene rings is 1. The maximum Gasteiger partial charge on any atom is 0.305 e. The van der Waals surface area contributed by atoms with Crippen molar-refractivity contribution < 1.29 is 29.1 Å². The number of allylic oxidation sites excluding steroid dienone is 1. The number of rotatable bonds is 9. The number of hydrogen-bond acceptors (Lipinski definition) is 6. The van der Waals surface area contributed by atoms with E-state index in [9.17, 15) is 24.0 Å². The zero-order valence-corrected chi connectivity index (χ0v) is 18.9. The summed E-state index contributed by atoms with van der Waals surface area (Å²) in [7, 11) is 0. The van der Waals surface area contributed by atoms with Crippen LogP contribution in [0.2, 0.25) is 0 Å². The summed E-state index contributed by atoms with van der Waals surface area (Å²) in [6, 6.07) is 6.61. The van der Waals surface area contributed by atoms with Crippen LogP contribution in [-0.4, -0.2) is 69.8 Å². The van der Waals surface area contributed by atoms with Gasteiger partial charge in [-0.05, 0) is 37.7 Å². The molecule has 2 aliphatic heterocycles. The van der Waals surface area contributed by atoms with Crippen molar-refractivity contribution >= 4 is 30.0 Å². The van der Waals surface area contributed by atoms with Gasteiger partial charge < -0.3 is 20.5 Å². The second-order valence-corrected chi connectivity index (χ2v) is 8.52.